The van der Waals surface area contributed by atoms with Crippen molar-refractivity contribution in [1.82, 2.24) is 19.9 Å². The lowest BCUT2D eigenvalue weighted by Crippen LogP contribution is -2.29. The summed E-state index contributed by atoms with van der Waals surface area (Å²) in [5.74, 6) is 1.39. The van der Waals surface area contributed by atoms with Crippen LogP contribution in [0.2, 0.25) is 0 Å². The van der Waals surface area contributed by atoms with Crippen molar-refractivity contribution < 1.29 is 4.79 Å². The number of rotatable bonds is 7. The van der Waals surface area contributed by atoms with Crippen LogP contribution in [0.25, 0.3) is 0 Å². The smallest absolute Gasteiger partial charge is 0.241 e. The number of nitrogens with zero attached hydrogens (tertiary/aromatic N) is 5. The molecule has 0 radical (unpaired) electrons. The van der Waals surface area contributed by atoms with Crippen molar-refractivity contribution in [2.45, 2.75) is 13.3 Å². The van der Waals surface area contributed by atoms with Gasteiger partial charge in [0.25, 0.3) is 0 Å². The van der Waals surface area contributed by atoms with E-state index in [1.54, 1.807) is 19.0 Å². The molecule has 0 saturated heterocycles. The first kappa shape index (κ1) is 15.9. The SMILES string of the molecule is CCCNc1nc(NCC(=O)N(C)C)nc(N(C)C)n1. The van der Waals surface area contributed by atoms with Gasteiger partial charge in [0.15, 0.2) is 0 Å². The molecule has 0 bridgehead atoms. The molecule has 112 valence electrons. The van der Waals surface area contributed by atoms with E-state index >= 15 is 0 Å². The highest BCUT2D eigenvalue weighted by Crippen LogP contribution is 2.11. The molecule has 0 unspecified atom stereocenters. The normalized spacial score (nSPS) is 10.1. The van der Waals surface area contributed by atoms with Gasteiger partial charge in [-0.15, -0.1) is 0 Å². The van der Waals surface area contributed by atoms with Gasteiger partial charge in [0.1, 0.15) is 0 Å². The second kappa shape index (κ2) is 7.46. The second-order valence-electron chi connectivity index (χ2n) is 4.75. The number of anilines is 3. The fourth-order valence-electron chi connectivity index (χ4n) is 1.27. The summed E-state index contributed by atoms with van der Waals surface area (Å²) in [6.45, 7) is 3.00. The van der Waals surface area contributed by atoms with Gasteiger partial charge in [-0.05, 0) is 6.42 Å². The molecule has 0 fully saturated rings. The molecule has 1 aromatic rings. The average Bonchev–Trinajstić information content (AvgIpc) is 2.42. The number of nitrogens with one attached hydrogen (secondary N) is 2. The predicted molar refractivity (Wildman–Crippen MR) is 80.1 cm³/mol. The Morgan fingerprint density at radius 1 is 1.05 bits per heavy atom. The maximum absolute atomic E-state index is 11.6. The van der Waals surface area contributed by atoms with E-state index in [1.807, 2.05) is 14.1 Å². The third-order valence-corrected chi connectivity index (χ3v) is 2.45. The highest BCUT2D eigenvalue weighted by Gasteiger charge is 2.09. The van der Waals surface area contributed by atoms with Gasteiger partial charge >= 0.3 is 0 Å². The van der Waals surface area contributed by atoms with Crippen molar-refractivity contribution >= 4 is 23.8 Å². The van der Waals surface area contributed by atoms with E-state index in [1.165, 1.54) is 4.90 Å². The lowest BCUT2D eigenvalue weighted by molar-refractivity contribution is -0.126. The molecule has 2 N–H and O–H groups in total. The Hall–Kier alpha value is -2.12. The predicted octanol–water partition coefficient (Wildman–Crippen LogP) is 0.260. The highest BCUT2D eigenvalue weighted by atomic mass is 16.2. The van der Waals surface area contributed by atoms with E-state index in [9.17, 15) is 4.79 Å². The molecule has 20 heavy (non-hydrogen) atoms. The minimum absolute atomic E-state index is 0.0418. The first-order valence-electron chi connectivity index (χ1n) is 6.55. The summed E-state index contributed by atoms with van der Waals surface area (Å²) < 4.78 is 0. The molecule has 1 rings (SSSR count). The molecule has 0 saturated carbocycles. The summed E-state index contributed by atoms with van der Waals surface area (Å²) in [5, 5.41) is 6.03. The van der Waals surface area contributed by atoms with Gasteiger partial charge in [0.05, 0.1) is 6.54 Å². The zero-order valence-corrected chi connectivity index (χ0v) is 12.8. The van der Waals surface area contributed by atoms with Crippen molar-refractivity contribution in [1.29, 1.82) is 0 Å². The van der Waals surface area contributed by atoms with E-state index in [0.29, 0.717) is 17.8 Å². The minimum atomic E-state index is -0.0418. The summed E-state index contributed by atoms with van der Waals surface area (Å²) >= 11 is 0. The lowest BCUT2D eigenvalue weighted by Gasteiger charge is -2.15. The zero-order chi connectivity index (χ0) is 15.1. The molecule has 8 nitrogen and oxygen atoms in total. The topological polar surface area (TPSA) is 86.3 Å². The molecule has 8 heteroatoms. The van der Waals surface area contributed by atoms with E-state index in [2.05, 4.69) is 32.5 Å². The second-order valence-corrected chi connectivity index (χ2v) is 4.75. The van der Waals surface area contributed by atoms with Crippen LogP contribution >= 0.6 is 0 Å². The number of amides is 1. The first-order valence-corrected chi connectivity index (χ1v) is 6.55. The number of aromatic nitrogens is 3. The number of likely N-dealkylation sites (N-methyl/N-ethyl adjacent to an activating group) is 1. The van der Waals surface area contributed by atoms with Crippen molar-refractivity contribution in [3.63, 3.8) is 0 Å². The van der Waals surface area contributed by atoms with Crippen molar-refractivity contribution in [2.75, 3.05) is 56.8 Å². The summed E-state index contributed by atoms with van der Waals surface area (Å²) in [6.07, 6.45) is 0.977. The van der Waals surface area contributed by atoms with E-state index < -0.39 is 0 Å². The van der Waals surface area contributed by atoms with Gasteiger partial charge in [0.2, 0.25) is 23.8 Å². The quantitative estimate of drug-likeness (QED) is 0.741. The van der Waals surface area contributed by atoms with Crippen LogP contribution in [-0.4, -0.2) is 67.0 Å². The Balaban J connectivity index is 2.82. The van der Waals surface area contributed by atoms with Crippen molar-refractivity contribution in [2.24, 2.45) is 0 Å². The van der Waals surface area contributed by atoms with Crippen molar-refractivity contribution in [3.8, 4) is 0 Å². The summed E-state index contributed by atoms with van der Waals surface area (Å²) in [6, 6.07) is 0. The first-order chi connectivity index (χ1) is 9.43. The third kappa shape index (κ3) is 4.87. The molecule has 1 amide bonds. The van der Waals surface area contributed by atoms with Crippen LogP contribution in [0.3, 0.4) is 0 Å². The molecule has 0 aliphatic heterocycles. The van der Waals surface area contributed by atoms with E-state index in [-0.39, 0.29) is 12.5 Å². The Morgan fingerprint density at radius 2 is 1.65 bits per heavy atom. The summed E-state index contributed by atoms with van der Waals surface area (Å²) in [7, 11) is 7.12. The molecule has 0 aromatic carbocycles. The van der Waals surface area contributed by atoms with Crippen LogP contribution in [0.1, 0.15) is 13.3 Å². The standard InChI is InChI=1S/C12H23N7O/c1-6-7-13-10-15-11(14-8-9(20)18(2)3)17-12(16-10)19(4)5/h6-8H2,1-5H3,(H2,13,14,15,16,17). The Labute approximate surface area is 119 Å². The van der Waals surface area contributed by atoms with Crippen LogP contribution in [0.5, 0.6) is 0 Å². The van der Waals surface area contributed by atoms with Gasteiger partial charge in [-0.3, -0.25) is 4.79 Å². The number of hydrogen-bond acceptors (Lipinski definition) is 7. The summed E-state index contributed by atoms with van der Waals surface area (Å²) in [4.78, 5) is 27.6. The number of hydrogen-bond donors (Lipinski definition) is 2. The fraction of sp³-hybridized carbons (Fsp3) is 0.667. The monoisotopic (exact) mass is 281 g/mol. The molecular weight excluding hydrogens is 258 g/mol. The average molecular weight is 281 g/mol. The highest BCUT2D eigenvalue weighted by molar-refractivity contribution is 5.79. The van der Waals surface area contributed by atoms with E-state index in [4.69, 9.17) is 0 Å². The Kier molecular flexibility index (Phi) is 5.95. The van der Waals surface area contributed by atoms with Gasteiger partial charge in [-0.25, -0.2) is 0 Å². The molecular formula is C12H23N7O. The largest absolute Gasteiger partial charge is 0.354 e. The van der Waals surface area contributed by atoms with Gasteiger partial charge in [0, 0.05) is 34.7 Å². The minimum Gasteiger partial charge on any atom is -0.354 e. The molecule has 0 aliphatic carbocycles. The molecule has 0 atom stereocenters. The van der Waals surface area contributed by atoms with Gasteiger partial charge in [-0.1, -0.05) is 6.92 Å². The van der Waals surface area contributed by atoms with E-state index in [0.717, 1.165) is 13.0 Å². The molecule has 1 aromatic heterocycles. The number of carbonyl (C=O) groups is 1. The van der Waals surface area contributed by atoms with Gasteiger partial charge in [-0.2, -0.15) is 15.0 Å². The van der Waals surface area contributed by atoms with Gasteiger partial charge < -0.3 is 20.4 Å². The maximum Gasteiger partial charge on any atom is 0.241 e. The molecule has 1 heterocycles. The van der Waals surface area contributed by atoms with Crippen LogP contribution < -0.4 is 15.5 Å². The lowest BCUT2D eigenvalue weighted by atomic mass is 10.5. The third-order valence-electron chi connectivity index (χ3n) is 2.45. The Morgan fingerprint density at radius 3 is 2.15 bits per heavy atom. The van der Waals surface area contributed by atoms with Crippen LogP contribution in [0.15, 0.2) is 0 Å². The van der Waals surface area contributed by atoms with Crippen molar-refractivity contribution in [3.05, 3.63) is 0 Å². The van der Waals surface area contributed by atoms with Crippen LogP contribution in [0.4, 0.5) is 17.8 Å². The fourth-order valence-corrected chi connectivity index (χ4v) is 1.27. The molecule has 0 aliphatic rings. The Bertz CT molecular complexity index is 447. The summed E-state index contributed by atoms with van der Waals surface area (Å²) in [5.41, 5.74) is 0. The maximum atomic E-state index is 11.6. The van der Waals surface area contributed by atoms with Crippen LogP contribution in [0, 0.1) is 0 Å². The number of carbonyl (C=O) groups excluding carboxylic acids is 1. The molecule has 0 spiro atoms. The zero-order valence-electron chi connectivity index (χ0n) is 12.8. The van der Waals surface area contributed by atoms with Crippen LogP contribution in [-0.2, 0) is 4.79 Å².